The molecule has 0 aliphatic carbocycles. The molecule has 148 valence electrons. The fourth-order valence-electron chi connectivity index (χ4n) is 2.23. The summed E-state index contributed by atoms with van der Waals surface area (Å²) in [6, 6.07) is 13.8. The first-order chi connectivity index (χ1) is 13.3. The third-order valence-corrected chi connectivity index (χ3v) is 4.78. The van der Waals surface area contributed by atoms with E-state index in [-0.39, 0.29) is 18.5 Å². The average Bonchev–Trinajstić information content (AvgIpc) is 2.67. The summed E-state index contributed by atoms with van der Waals surface area (Å²) < 4.78 is 43.9. The van der Waals surface area contributed by atoms with Crippen molar-refractivity contribution in [1.29, 1.82) is 0 Å². The zero-order chi connectivity index (χ0) is 20.6. The second-order valence-electron chi connectivity index (χ2n) is 5.91. The predicted octanol–water partition coefficient (Wildman–Crippen LogP) is 2.92. The van der Waals surface area contributed by atoms with Crippen LogP contribution in [0.15, 0.2) is 60.0 Å². The Balaban J connectivity index is 1.79. The number of rotatable bonds is 9. The van der Waals surface area contributed by atoms with E-state index in [9.17, 15) is 22.4 Å². The summed E-state index contributed by atoms with van der Waals surface area (Å²) in [7, 11) is -3.71. The molecule has 0 aliphatic rings. The lowest BCUT2D eigenvalue weighted by Crippen LogP contribution is -2.28. The molecular formula is C20H20FNO5S. The monoisotopic (exact) mass is 405 g/mol. The highest BCUT2D eigenvalue weighted by atomic mass is 32.2. The molecule has 0 spiro atoms. The molecule has 0 radical (unpaired) electrons. The fourth-order valence-corrected chi connectivity index (χ4v) is 3.05. The molecule has 0 saturated heterocycles. The Labute approximate surface area is 163 Å². The van der Waals surface area contributed by atoms with E-state index in [1.54, 1.807) is 24.3 Å². The molecule has 28 heavy (non-hydrogen) atoms. The van der Waals surface area contributed by atoms with Crippen LogP contribution in [0.2, 0.25) is 0 Å². The summed E-state index contributed by atoms with van der Waals surface area (Å²) in [6.07, 6.45) is 0.135. The van der Waals surface area contributed by atoms with Crippen molar-refractivity contribution >= 4 is 27.9 Å². The minimum absolute atomic E-state index is 0.169. The van der Waals surface area contributed by atoms with Gasteiger partial charge in [-0.2, -0.15) is 0 Å². The van der Waals surface area contributed by atoms with E-state index < -0.39 is 33.7 Å². The lowest BCUT2D eigenvalue weighted by atomic mass is 10.1. The minimum Gasteiger partial charge on any atom is -0.454 e. The third kappa shape index (κ3) is 7.05. The SMILES string of the molecule is C[C@@H](OC(=O)CCNS(=O)(=O)/C=C/c1ccccc1)C(=O)c1ccc(F)cc1. The maximum absolute atomic E-state index is 12.9. The van der Waals surface area contributed by atoms with Crippen LogP contribution in [0, 0.1) is 5.82 Å². The first-order valence-corrected chi connectivity index (χ1v) is 10.0. The van der Waals surface area contributed by atoms with Crippen LogP contribution >= 0.6 is 0 Å². The largest absolute Gasteiger partial charge is 0.454 e. The maximum atomic E-state index is 12.9. The van der Waals surface area contributed by atoms with Crippen LogP contribution in [0.1, 0.15) is 29.3 Å². The van der Waals surface area contributed by atoms with Gasteiger partial charge in [0, 0.05) is 17.5 Å². The summed E-state index contributed by atoms with van der Waals surface area (Å²) >= 11 is 0. The standard InChI is InChI=1S/C20H20FNO5S/c1-15(20(24)17-7-9-18(21)10-8-17)27-19(23)11-13-22-28(25,26)14-12-16-5-3-2-4-6-16/h2-10,12,14-15,22H,11,13H2,1H3/b14-12+/t15-/m1/s1. The van der Waals surface area contributed by atoms with E-state index in [2.05, 4.69) is 4.72 Å². The molecule has 0 unspecified atom stereocenters. The van der Waals surface area contributed by atoms with Gasteiger partial charge in [-0.15, -0.1) is 0 Å². The van der Waals surface area contributed by atoms with Crippen molar-refractivity contribution in [1.82, 2.24) is 4.72 Å². The zero-order valence-electron chi connectivity index (χ0n) is 15.2. The van der Waals surface area contributed by atoms with Gasteiger partial charge in [0.1, 0.15) is 5.82 Å². The minimum atomic E-state index is -3.71. The van der Waals surface area contributed by atoms with Crippen LogP contribution < -0.4 is 4.72 Å². The molecule has 6 nitrogen and oxygen atoms in total. The van der Waals surface area contributed by atoms with Gasteiger partial charge >= 0.3 is 5.97 Å². The van der Waals surface area contributed by atoms with E-state index in [1.165, 1.54) is 25.1 Å². The smallest absolute Gasteiger partial charge is 0.307 e. The Morgan fingerprint density at radius 1 is 1.11 bits per heavy atom. The molecule has 0 bridgehead atoms. The number of ether oxygens (including phenoxy) is 1. The normalized spacial score (nSPS) is 12.6. The number of Topliss-reactive ketones (excluding diaryl/α,β-unsaturated/α-hetero) is 1. The van der Waals surface area contributed by atoms with E-state index >= 15 is 0 Å². The van der Waals surface area contributed by atoms with Gasteiger partial charge in [0.15, 0.2) is 6.10 Å². The molecule has 2 aromatic rings. The highest BCUT2D eigenvalue weighted by molar-refractivity contribution is 7.92. The predicted molar refractivity (Wildman–Crippen MR) is 103 cm³/mol. The zero-order valence-corrected chi connectivity index (χ0v) is 16.0. The summed E-state index contributed by atoms with van der Waals surface area (Å²) in [4.78, 5) is 23.9. The second kappa shape index (κ2) is 9.91. The van der Waals surface area contributed by atoms with E-state index in [0.29, 0.717) is 0 Å². The molecule has 0 amide bonds. The molecule has 8 heteroatoms. The topological polar surface area (TPSA) is 89.5 Å². The fraction of sp³-hybridized carbons (Fsp3) is 0.200. The molecule has 1 atom stereocenters. The van der Waals surface area contributed by atoms with Crippen LogP contribution in [-0.4, -0.2) is 32.8 Å². The van der Waals surface area contributed by atoms with Gasteiger partial charge in [0.25, 0.3) is 0 Å². The lowest BCUT2D eigenvalue weighted by Gasteiger charge is -2.12. The van der Waals surface area contributed by atoms with Crippen LogP contribution in [0.4, 0.5) is 4.39 Å². The van der Waals surface area contributed by atoms with Crippen molar-refractivity contribution in [2.45, 2.75) is 19.4 Å². The summed E-state index contributed by atoms with van der Waals surface area (Å²) in [5.41, 5.74) is 0.939. The number of carbonyl (C=O) groups is 2. The van der Waals surface area contributed by atoms with Gasteiger partial charge in [0.2, 0.25) is 15.8 Å². The Morgan fingerprint density at radius 3 is 2.39 bits per heavy atom. The van der Waals surface area contributed by atoms with Crippen molar-refractivity contribution < 1.29 is 27.1 Å². The van der Waals surface area contributed by atoms with Crippen molar-refractivity contribution in [2.24, 2.45) is 0 Å². The van der Waals surface area contributed by atoms with Crippen molar-refractivity contribution in [3.8, 4) is 0 Å². The summed E-state index contributed by atoms with van der Waals surface area (Å²) in [6.45, 7) is 1.23. The van der Waals surface area contributed by atoms with E-state index in [0.717, 1.165) is 23.1 Å². The van der Waals surface area contributed by atoms with Gasteiger partial charge in [-0.05, 0) is 42.8 Å². The molecule has 0 fully saturated rings. The molecule has 1 N–H and O–H groups in total. The van der Waals surface area contributed by atoms with Crippen LogP contribution in [0.25, 0.3) is 6.08 Å². The van der Waals surface area contributed by atoms with Crippen molar-refractivity contribution in [2.75, 3.05) is 6.54 Å². The van der Waals surface area contributed by atoms with E-state index in [4.69, 9.17) is 4.74 Å². The van der Waals surface area contributed by atoms with Gasteiger partial charge in [-0.3, -0.25) is 9.59 Å². The third-order valence-electron chi connectivity index (χ3n) is 3.68. The molecule has 0 heterocycles. The lowest BCUT2D eigenvalue weighted by molar-refractivity contribution is -0.146. The Morgan fingerprint density at radius 2 is 1.75 bits per heavy atom. The van der Waals surface area contributed by atoms with Gasteiger partial charge in [0.05, 0.1) is 6.42 Å². The van der Waals surface area contributed by atoms with Crippen LogP contribution in [-0.2, 0) is 19.6 Å². The van der Waals surface area contributed by atoms with Crippen LogP contribution in [0.3, 0.4) is 0 Å². The first-order valence-electron chi connectivity index (χ1n) is 8.49. The van der Waals surface area contributed by atoms with E-state index in [1.807, 2.05) is 6.07 Å². The van der Waals surface area contributed by atoms with Crippen LogP contribution in [0.5, 0.6) is 0 Å². The number of carbonyl (C=O) groups excluding carboxylic acids is 2. The van der Waals surface area contributed by atoms with Gasteiger partial charge in [-0.1, -0.05) is 30.3 Å². The highest BCUT2D eigenvalue weighted by Gasteiger charge is 2.19. The molecule has 0 aliphatic heterocycles. The Kier molecular flexibility index (Phi) is 7.60. The number of hydrogen-bond donors (Lipinski definition) is 1. The number of benzene rings is 2. The van der Waals surface area contributed by atoms with Gasteiger partial charge < -0.3 is 4.74 Å². The quantitative estimate of drug-likeness (QED) is 0.512. The van der Waals surface area contributed by atoms with Gasteiger partial charge in [-0.25, -0.2) is 17.5 Å². The number of halogens is 1. The van der Waals surface area contributed by atoms with Crippen molar-refractivity contribution in [3.05, 3.63) is 76.9 Å². The number of ketones is 1. The molecular weight excluding hydrogens is 385 g/mol. The summed E-state index contributed by atoms with van der Waals surface area (Å²) in [5, 5.41) is 1.01. The number of nitrogens with one attached hydrogen (secondary N) is 1. The molecule has 2 rings (SSSR count). The number of sulfonamides is 1. The average molecular weight is 405 g/mol. The highest BCUT2D eigenvalue weighted by Crippen LogP contribution is 2.09. The Bertz CT molecular complexity index is 940. The maximum Gasteiger partial charge on any atom is 0.307 e. The molecule has 0 saturated carbocycles. The molecule has 0 aromatic heterocycles. The number of hydrogen-bond acceptors (Lipinski definition) is 5. The van der Waals surface area contributed by atoms with Crippen molar-refractivity contribution in [3.63, 3.8) is 0 Å². The number of esters is 1. The second-order valence-corrected chi connectivity index (χ2v) is 7.56. The molecule has 2 aromatic carbocycles. The first kappa shape index (κ1) is 21.5. The summed E-state index contributed by atoms with van der Waals surface area (Å²) in [5.74, 6) is -1.67. The Hall–Kier alpha value is -2.84.